The molecule has 0 radical (unpaired) electrons. The van der Waals surface area contributed by atoms with Crippen LogP contribution >= 0.6 is 11.6 Å². The zero-order chi connectivity index (χ0) is 15.6. The smallest absolute Gasteiger partial charge is 0.431 e. The van der Waals surface area contributed by atoms with Crippen molar-refractivity contribution in [2.24, 2.45) is 0 Å². The minimum Gasteiger partial charge on any atom is -0.507 e. The first kappa shape index (κ1) is 15.1. The van der Waals surface area contributed by atoms with Gasteiger partial charge in [0.2, 0.25) is 0 Å². The van der Waals surface area contributed by atoms with Crippen LogP contribution in [0.4, 0.5) is 13.2 Å². The fourth-order valence-corrected chi connectivity index (χ4v) is 1.73. The lowest BCUT2D eigenvalue weighted by atomic mass is 10.1. The quantitative estimate of drug-likeness (QED) is 0.893. The Morgan fingerprint density at radius 1 is 1.24 bits per heavy atom. The molecule has 0 amide bonds. The zero-order valence-corrected chi connectivity index (χ0v) is 11.0. The molecule has 110 valence electrons. The molecule has 0 unspecified atom stereocenters. The predicted octanol–water partition coefficient (Wildman–Crippen LogP) is 3.32. The Morgan fingerprint density at radius 2 is 1.95 bits per heavy atom. The van der Waals surface area contributed by atoms with E-state index in [0.717, 1.165) is 0 Å². The number of H-pyrrole nitrogens is 1. The highest BCUT2D eigenvalue weighted by molar-refractivity contribution is 6.30. The fourth-order valence-electron chi connectivity index (χ4n) is 1.55. The summed E-state index contributed by atoms with van der Waals surface area (Å²) in [6.07, 6.45) is -2.19. The van der Waals surface area contributed by atoms with Crippen LogP contribution in [0.3, 0.4) is 0 Å². The standard InChI is InChI=1S/C13H8ClF3N2O2/c14-8-2-4-10(20)7(5-8)1-3-9-6-11(13(15,16)17)19-12(21)18-9/h1-6,20H,(H,18,19,21)/b3-1+. The molecular formula is C13H8ClF3N2O2. The van der Waals surface area contributed by atoms with E-state index in [0.29, 0.717) is 11.1 Å². The molecule has 0 aliphatic rings. The van der Waals surface area contributed by atoms with Crippen molar-refractivity contribution >= 4 is 23.8 Å². The van der Waals surface area contributed by atoms with Gasteiger partial charge in [-0.05, 0) is 36.4 Å². The van der Waals surface area contributed by atoms with Crippen molar-refractivity contribution in [1.29, 1.82) is 0 Å². The summed E-state index contributed by atoms with van der Waals surface area (Å²) in [6, 6.07) is 4.92. The summed E-state index contributed by atoms with van der Waals surface area (Å²) >= 11 is 5.74. The van der Waals surface area contributed by atoms with E-state index in [1.807, 2.05) is 0 Å². The van der Waals surface area contributed by atoms with Crippen LogP contribution in [0.2, 0.25) is 5.02 Å². The van der Waals surface area contributed by atoms with Crippen LogP contribution in [-0.2, 0) is 6.18 Å². The first-order valence-electron chi connectivity index (χ1n) is 5.61. The summed E-state index contributed by atoms with van der Waals surface area (Å²) in [4.78, 5) is 16.1. The van der Waals surface area contributed by atoms with Crippen molar-refractivity contribution in [3.8, 4) is 5.75 Å². The molecule has 0 spiro atoms. The molecule has 4 nitrogen and oxygen atoms in total. The number of phenols is 1. The van der Waals surface area contributed by atoms with Crippen LogP contribution in [0.15, 0.2) is 29.1 Å². The highest BCUT2D eigenvalue weighted by Crippen LogP contribution is 2.27. The highest BCUT2D eigenvalue weighted by Gasteiger charge is 2.32. The van der Waals surface area contributed by atoms with E-state index in [4.69, 9.17) is 11.6 Å². The molecule has 21 heavy (non-hydrogen) atoms. The lowest BCUT2D eigenvalue weighted by molar-refractivity contribution is -0.141. The van der Waals surface area contributed by atoms with Gasteiger partial charge in [-0.1, -0.05) is 11.6 Å². The summed E-state index contributed by atoms with van der Waals surface area (Å²) in [7, 11) is 0. The van der Waals surface area contributed by atoms with Crippen LogP contribution < -0.4 is 5.69 Å². The van der Waals surface area contributed by atoms with Gasteiger partial charge < -0.3 is 10.1 Å². The first-order chi connectivity index (χ1) is 9.75. The van der Waals surface area contributed by atoms with Gasteiger partial charge in [-0.3, -0.25) is 0 Å². The Balaban J connectivity index is 2.40. The molecule has 1 heterocycles. The molecule has 0 aliphatic heterocycles. The van der Waals surface area contributed by atoms with Crippen LogP contribution in [0.1, 0.15) is 17.0 Å². The Morgan fingerprint density at radius 3 is 2.62 bits per heavy atom. The maximum absolute atomic E-state index is 12.5. The van der Waals surface area contributed by atoms with E-state index < -0.39 is 17.6 Å². The molecule has 0 atom stereocenters. The molecule has 8 heteroatoms. The number of hydrogen-bond donors (Lipinski definition) is 2. The first-order valence-corrected chi connectivity index (χ1v) is 5.98. The van der Waals surface area contributed by atoms with Gasteiger partial charge in [0.1, 0.15) is 11.4 Å². The molecule has 1 aromatic carbocycles. The molecule has 2 N–H and O–H groups in total. The van der Waals surface area contributed by atoms with E-state index in [-0.39, 0.29) is 17.0 Å². The number of phenolic OH excluding ortho intramolecular Hbond substituents is 1. The lowest BCUT2D eigenvalue weighted by Gasteiger charge is -2.06. The maximum Gasteiger partial charge on any atom is 0.431 e. The molecule has 0 aliphatic carbocycles. The van der Waals surface area contributed by atoms with Gasteiger partial charge in [-0.2, -0.15) is 18.2 Å². The molecule has 0 saturated carbocycles. The van der Waals surface area contributed by atoms with Crippen molar-refractivity contribution in [1.82, 2.24) is 9.97 Å². The average molecular weight is 317 g/mol. The highest BCUT2D eigenvalue weighted by atomic mass is 35.5. The summed E-state index contributed by atoms with van der Waals surface area (Å²) < 4.78 is 37.6. The number of alkyl halides is 3. The number of benzene rings is 1. The number of hydrogen-bond acceptors (Lipinski definition) is 3. The molecule has 0 bridgehead atoms. The van der Waals surface area contributed by atoms with Gasteiger partial charge >= 0.3 is 11.9 Å². The van der Waals surface area contributed by atoms with E-state index in [9.17, 15) is 23.1 Å². The van der Waals surface area contributed by atoms with Gasteiger partial charge in [-0.15, -0.1) is 0 Å². The second kappa shape index (κ2) is 5.61. The molecule has 0 saturated heterocycles. The summed E-state index contributed by atoms with van der Waals surface area (Å²) in [5.74, 6) is -0.100. The minimum absolute atomic E-state index is 0.100. The molecule has 1 aromatic heterocycles. The number of halogens is 4. The molecule has 0 fully saturated rings. The Labute approximate surface area is 121 Å². The van der Waals surface area contributed by atoms with Crippen molar-refractivity contribution in [3.05, 3.63) is 56.7 Å². The summed E-state index contributed by atoms with van der Waals surface area (Å²) in [5, 5.41) is 9.92. The van der Waals surface area contributed by atoms with Crippen LogP contribution in [-0.4, -0.2) is 15.1 Å². The van der Waals surface area contributed by atoms with E-state index >= 15 is 0 Å². The van der Waals surface area contributed by atoms with E-state index in [2.05, 4.69) is 4.98 Å². The number of aromatic amines is 1. The van der Waals surface area contributed by atoms with Crippen LogP contribution in [0, 0.1) is 0 Å². The lowest BCUT2D eigenvalue weighted by Crippen LogP contribution is -2.19. The predicted molar refractivity (Wildman–Crippen MR) is 71.9 cm³/mol. The van der Waals surface area contributed by atoms with Gasteiger partial charge in [-0.25, -0.2) is 4.79 Å². The maximum atomic E-state index is 12.5. The van der Waals surface area contributed by atoms with Crippen molar-refractivity contribution in [2.45, 2.75) is 6.18 Å². The van der Waals surface area contributed by atoms with Crippen molar-refractivity contribution in [3.63, 3.8) is 0 Å². The number of rotatable bonds is 2. The Hall–Kier alpha value is -2.28. The van der Waals surface area contributed by atoms with E-state index in [1.165, 1.54) is 30.4 Å². The summed E-state index contributed by atoms with van der Waals surface area (Å²) in [6.45, 7) is 0. The molecule has 2 rings (SSSR count). The number of nitrogens with one attached hydrogen (secondary N) is 1. The fraction of sp³-hybridized carbons (Fsp3) is 0.0769. The number of aromatic nitrogens is 2. The van der Waals surface area contributed by atoms with E-state index in [1.54, 1.807) is 4.98 Å². The summed E-state index contributed by atoms with van der Waals surface area (Å²) in [5.41, 5.74) is -2.21. The van der Waals surface area contributed by atoms with Gasteiger partial charge in [0.25, 0.3) is 0 Å². The SMILES string of the molecule is O=c1nc(/C=C/c2cc(Cl)ccc2O)cc(C(F)(F)F)[nH]1. The van der Waals surface area contributed by atoms with Gasteiger partial charge in [0, 0.05) is 10.6 Å². The third-order valence-electron chi connectivity index (χ3n) is 2.49. The topological polar surface area (TPSA) is 66.0 Å². The zero-order valence-electron chi connectivity index (χ0n) is 10.3. The molecular weight excluding hydrogens is 309 g/mol. The van der Waals surface area contributed by atoms with Gasteiger partial charge in [0.15, 0.2) is 0 Å². The van der Waals surface area contributed by atoms with Crippen molar-refractivity contribution in [2.75, 3.05) is 0 Å². The number of nitrogens with zero attached hydrogens (tertiary/aromatic N) is 1. The number of aromatic hydroxyl groups is 1. The third-order valence-corrected chi connectivity index (χ3v) is 2.73. The van der Waals surface area contributed by atoms with Crippen LogP contribution in [0.5, 0.6) is 5.75 Å². The average Bonchev–Trinajstić information content (AvgIpc) is 2.38. The largest absolute Gasteiger partial charge is 0.507 e. The Kier molecular flexibility index (Phi) is 4.04. The Bertz CT molecular complexity index is 754. The van der Waals surface area contributed by atoms with Gasteiger partial charge in [0.05, 0.1) is 5.69 Å². The van der Waals surface area contributed by atoms with Crippen LogP contribution in [0.25, 0.3) is 12.2 Å². The second-order valence-electron chi connectivity index (χ2n) is 4.06. The monoisotopic (exact) mass is 316 g/mol. The normalized spacial score (nSPS) is 12.0. The van der Waals surface area contributed by atoms with Crippen molar-refractivity contribution < 1.29 is 18.3 Å². The minimum atomic E-state index is -4.68. The third kappa shape index (κ3) is 3.85. The molecule has 2 aromatic rings. The second-order valence-corrected chi connectivity index (χ2v) is 4.50.